The molecule has 0 radical (unpaired) electrons. The first-order valence-corrected chi connectivity index (χ1v) is 8.76. The summed E-state index contributed by atoms with van der Waals surface area (Å²) >= 11 is 0. The standard InChI is InChI=1S/C17H34N2O2/c1-4-16-11-19(7-9-21-16)13-17(6-5-8-20-14-17)12-18-10-15(2)3/h15-16,18H,4-14H2,1-3H3. The first-order valence-electron chi connectivity index (χ1n) is 8.76. The number of rotatable bonds is 7. The topological polar surface area (TPSA) is 33.7 Å². The van der Waals surface area contributed by atoms with E-state index in [-0.39, 0.29) is 0 Å². The summed E-state index contributed by atoms with van der Waals surface area (Å²) in [5, 5.41) is 3.67. The minimum atomic E-state index is 0.294. The van der Waals surface area contributed by atoms with Crippen molar-refractivity contribution in [3.05, 3.63) is 0 Å². The first kappa shape index (κ1) is 17.2. The quantitative estimate of drug-likeness (QED) is 0.781. The van der Waals surface area contributed by atoms with Crippen LogP contribution in [0.15, 0.2) is 0 Å². The second kappa shape index (κ2) is 8.47. The minimum absolute atomic E-state index is 0.294. The van der Waals surface area contributed by atoms with Crippen LogP contribution in [-0.2, 0) is 9.47 Å². The maximum atomic E-state index is 5.84. The van der Waals surface area contributed by atoms with E-state index in [1.165, 1.54) is 12.8 Å². The highest BCUT2D eigenvalue weighted by Gasteiger charge is 2.35. The van der Waals surface area contributed by atoms with E-state index in [1.54, 1.807) is 0 Å². The molecule has 4 heteroatoms. The molecule has 2 unspecified atom stereocenters. The molecule has 0 aromatic rings. The van der Waals surface area contributed by atoms with E-state index in [4.69, 9.17) is 9.47 Å². The number of nitrogens with zero attached hydrogens (tertiary/aromatic N) is 1. The molecule has 0 aromatic heterocycles. The fourth-order valence-corrected chi connectivity index (χ4v) is 3.50. The molecule has 2 aliphatic heterocycles. The molecule has 2 saturated heterocycles. The van der Waals surface area contributed by atoms with Crippen molar-refractivity contribution in [3.8, 4) is 0 Å². The van der Waals surface area contributed by atoms with E-state index in [1.807, 2.05) is 0 Å². The lowest BCUT2D eigenvalue weighted by atomic mass is 9.81. The van der Waals surface area contributed by atoms with Crippen LogP contribution in [0.5, 0.6) is 0 Å². The molecule has 1 N–H and O–H groups in total. The van der Waals surface area contributed by atoms with E-state index in [2.05, 4.69) is 31.0 Å². The van der Waals surface area contributed by atoms with Gasteiger partial charge in [-0.2, -0.15) is 0 Å². The van der Waals surface area contributed by atoms with E-state index in [0.717, 1.165) is 59.0 Å². The number of morpholine rings is 1. The van der Waals surface area contributed by atoms with Crippen LogP contribution in [0.25, 0.3) is 0 Å². The van der Waals surface area contributed by atoms with Gasteiger partial charge in [0.25, 0.3) is 0 Å². The van der Waals surface area contributed by atoms with Gasteiger partial charge in [-0.3, -0.25) is 4.90 Å². The Morgan fingerprint density at radius 1 is 1.33 bits per heavy atom. The molecule has 21 heavy (non-hydrogen) atoms. The summed E-state index contributed by atoms with van der Waals surface area (Å²) in [4.78, 5) is 2.60. The van der Waals surface area contributed by atoms with Gasteiger partial charge in [-0.25, -0.2) is 0 Å². The average molecular weight is 298 g/mol. The highest BCUT2D eigenvalue weighted by molar-refractivity contribution is 4.88. The SMILES string of the molecule is CCC1CN(CC2(CNCC(C)C)CCCOC2)CCO1. The molecule has 0 saturated carbocycles. The predicted molar refractivity (Wildman–Crippen MR) is 86.7 cm³/mol. The zero-order valence-corrected chi connectivity index (χ0v) is 14.2. The molecule has 0 amide bonds. The van der Waals surface area contributed by atoms with Crippen molar-refractivity contribution >= 4 is 0 Å². The molecule has 2 atom stereocenters. The van der Waals surface area contributed by atoms with E-state index in [0.29, 0.717) is 17.4 Å². The minimum Gasteiger partial charge on any atom is -0.381 e. The molecule has 4 nitrogen and oxygen atoms in total. The Balaban J connectivity index is 1.88. The zero-order chi connectivity index (χ0) is 15.1. The molecular formula is C17H34N2O2. The van der Waals surface area contributed by atoms with Crippen molar-refractivity contribution < 1.29 is 9.47 Å². The Hall–Kier alpha value is -0.160. The monoisotopic (exact) mass is 298 g/mol. The summed E-state index contributed by atoms with van der Waals surface area (Å²) in [6, 6.07) is 0. The van der Waals surface area contributed by atoms with Gasteiger partial charge in [0.2, 0.25) is 0 Å². The lowest BCUT2D eigenvalue weighted by Gasteiger charge is -2.43. The first-order chi connectivity index (χ1) is 10.1. The molecule has 124 valence electrons. The second-order valence-corrected chi connectivity index (χ2v) is 7.32. The highest BCUT2D eigenvalue weighted by atomic mass is 16.5. The van der Waals surface area contributed by atoms with Gasteiger partial charge in [-0.05, 0) is 31.7 Å². The summed E-state index contributed by atoms with van der Waals surface area (Å²) in [6.45, 7) is 15.0. The summed E-state index contributed by atoms with van der Waals surface area (Å²) in [5.41, 5.74) is 0.294. The third-order valence-electron chi connectivity index (χ3n) is 4.69. The van der Waals surface area contributed by atoms with Crippen molar-refractivity contribution in [1.82, 2.24) is 10.2 Å². The highest BCUT2D eigenvalue weighted by Crippen LogP contribution is 2.30. The van der Waals surface area contributed by atoms with Crippen LogP contribution in [0.2, 0.25) is 0 Å². The maximum absolute atomic E-state index is 5.84. The molecule has 2 aliphatic rings. The Morgan fingerprint density at radius 2 is 2.19 bits per heavy atom. The Bertz CT molecular complexity index is 291. The third kappa shape index (κ3) is 5.51. The number of nitrogens with one attached hydrogen (secondary N) is 1. The van der Waals surface area contributed by atoms with Crippen LogP contribution >= 0.6 is 0 Å². The Morgan fingerprint density at radius 3 is 2.86 bits per heavy atom. The van der Waals surface area contributed by atoms with Crippen LogP contribution in [-0.4, -0.2) is 63.5 Å². The molecule has 0 spiro atoms. The molecular weight excluding hydrogens is 264 g/mol. The van der Waals surface area contributed by atoms with Crippen LogP contribution in [0.3, 0.4) is 0 Å². The average Bonchev–Trinajstić information content (AvgIpc) is 2.48. The van der Waals surface area contributed by atoms with E-state index in [9.17, 15) is 0 Å². The van der Waals surface area contributed by atoms with Gasteiger partial charge in [-0.15, -0.1) is 0 Å². The number of ether oxygens (including phenoxy) is 2. The van der Waals surface area contributed by atoms with Gasteiger partial charge >= 0.3 is 0 Å². The second-order valence-electron chi connectivity index (χ2n) is 7.32. The lowest BCUT2D eigenvalue weighted by Crippen LogP contribution is -2.53. The fourth-order valence-electron chi connectivity index (χ4n) is 3.50. The van der Waals surface area contributed by atoms with Crippen molar-refractivity contribution in [1.29, 1.82) is 0 Å². The van der Waals surface area contributed by atoms with Crippen molar-refractivity contribution in [2.24, 2.45) is 11.3 Å². The van der Waals surface area contributed by atoms with Crippen LogP contribution in [0.4, 0.5) is 0 Å². The summed E-state index contributed by atoms with van der Waals surface area (Å²) in [7, 11) is 0. The zero-order valence-electron chi connectivity index (χ0n) is 14.2. The van der Waals surface area contributed by atoms with Gasteiger partial charge in [0.1, 0.15) is 0 Å². The number of hydrogen-bond donors (Lipinski definition) is 1. The largest absolute Gasteiger partial charge is 0.381 e. The molecule has 0 bridgehead atoms. The Kier molecular flexibility index (Phi) is 6.93. The van der Waals surface area contributed by atoms with E-state index < -0.39 is 0 Å². The molecule has 2 heterocycles. The summed E-state index contributed by atoms with van der Waals surface area (Å²) in [5.74, 6) is 0.708. The predicted octanol–water partition coefficient (Wildman–Crippen LogP) is 2.14. The smallest absolute Gasteiger partial charge is 0.0700 e. The van der Waals surface area contributed by atoms with Crippen LogP contribution < -0.4 is 5.32 Å². The fraction of sp³-hybridized carbons (Fsp3) is 1.00. The summed E-state index contributed by atoms with van der Waals surface area (Å²) in [6.07, 6.45) is 4.02. The van der Waals surface area contributed by atoms with Gasteiger partial charge in [0.15, 0.2) is 0 Å². The number of hydrogen-bond acceptors (Lipinski definition) is 4. The Labute approximate surface area is 130 Å². The van der Waals surface area contributed by atoms with Crippen molar-refractivity contribution in [2.75, 3.05) is 52.5 Å². The maximum Gasteiger partial charge on any atom is 0.0700 e. The van der Waals surface area contributed by atoms with Gasteiger partial charge in [0.05, 0.1) is 19.3 Å². The van der Waals surface area contributed by atoms with Crippen LogP contribution in [0.1, 0.15) is 40.0 Å². The molecule has 2 fully saturated rings. The third-order valence-corrected chi connectivity index (χ3v) is 4.69. The lowest BCUT2D eigenvalue weighted by molar-refractivity contribution is -0.0694. The van der Waals surface area contributed by atoms with Gasteiger partial charge in [0, 0.05) is 38.2 Å². The van der Waals surface area contributed by atoms with Crippen LogP contribution in [0, 0.1) is 11.3 Å². The van der Waals surface area contributed by atoms with Crippen molar-refractivity contribution in [2.45, 2.75) is 46.1 Å². The van der Waals surface area contributed by atoms with Crippen molar-refractivity contribution in [3.63, 3.8) is 0 Å². The molecule has 0 aliphatic carbocycles. The normalized spacial score (nSPS) is 31.7. The summed E-state index contributed by atoms with van der Waals surface area (Å²) < 4.78 is 11.6. The van der Waals surface area contributed by atoms with Gasteiger partial charge in [-0.1, -0.05) is 20.8 Å². The van der Waals surface area contributed by atoms with E-state index >= 15 is 0 Å². The van der Waals surface area contributed by atoms with Gasteiger partial charge < -0.3 is 14.8 Å². The molecule has 0 aromatic carbocycles. The molecule has 2 rings (SSSR count).